The lowest BCUT2D eigenvalue weighted by molar-refractivity contribution is 0.0930. The number of hydrogen-bond donors (Lipinski definition) is 2. The van der Waals surface area contributed by atoms with Crippen LogP contribution >= 0.6 is 0 Å². The van der Waals surface area contributed by atoms with Crippen molar-refractivity contribution in [2.45, 2.75) is 25.3 Å². The van der Waals surface area contributed by atoms with E-state index in [1.54, 1.807) is 16.9 Å². The van der Waals surface area contributed by atoms with Crippen molar-refractivity contribution < 1.29 is 4.79 Å². The Morgan fingerprint density at radius 1 is 1.42 bits per heavy atom. The molecule has 0 aliphatic heterocycles. The quantitative estimate of drug-likeness (QED) is 0.821. The van der Waals surface area contributed by atoms with E-state index in [0.717, 1.165) is 18.5 Å². The molecule has 0 saturated heterocycles. The zero-order valence-electron chi connectivity index (χ0n) is 10.8. The Kier molecular flexibility index (Phi) is 2.55. The molecule has 1 amide bonds. The van der Waals surface area contributed by atoms with E-state index >= 15 is 0 Å². The molecule has 2 aromatic rings. The topological polar surface area (TPSA) is 72.9 Å². The van der Waals surface area contributed by atoms with Crippen LogP contribution in [0.4, 0.5) is 5.69 Å². The van der Waals surface area contributed by atoms with Gasteiger partial charge in [-0.3, -0.25) is 4.79 Å². The van der Waals surface area contributed by atoms with Crippen LogP contribution in [0.15, 0.2) is 36.5 Å². The predicted octanol–water partition coefficient (Wildman–Crippen LogP) is 1.74. The molecule has 3 rings (SSSR count). The van der Waals surface area contributed by atoms with Crippen LogP contribution in [0, 0.1) is 0 Å². The number of nitrogens with two attached hydrogens (primary N) is 1. The molecule has 1 aliphatic rings. The molecule has 5 nitrogen and oxygen atoms in total. The van der Waals surface area contributed by atoms with Crippen LogP contribution in [0.25, 0.3) is 5.69 Å². The van der Waals surface area contributed by atoms with E-state index in [1.165, 1.54) is 0 Å². The van der Waals surface area contributed by atoms with Crippen molar-refractivity contribution in [2.24, 2.45) is 0 Å². The van der Waals surface area contributed by atoms with Gasteiger partial charge in [0.1, 0.15) is 0 Å². The molecule has 98 valence electrons. The molecule has 0 spiro atoms. The van der Waals surface area contributed by atoms with Crippen molar-refractivity contribution in [1.82, 2.24) is 15.1 Å². The predicted molar refractivity (Wildman–Crippen MR) is 73.1 cm³/mol. The first-order valence-corrected chi connectivity index (χ1v) is 6.30. The molecule has 1 saturated carbocycles. The molecule has 3 N–H and O–H groups in total. The smallest absolute Gasteiger partial charge is 0.272 e. The Balaban J connectivity index is 1.81. The normalized spacial score (nSPS) is 16.1. The average Bonchev–Trinajstić information content (AvgIpc) is 2.93. The molecule has 1 aromatic carbocycles. The molecule has 1 aliphatic carbocycles. The lowest BCUT2D eigenvalue weighted by Gasteiger charge is -2.09. The van der Waals surface area contributed by atoms with Gasteiger partial charge in [0.2, 0.25) is 0 Å². The van der Waals surface area contributed by atoms with Gasteiger partial charge in [0.05, 0.1) is 5.69 Å². The number of aromatic nitrogens is 2. The van der Waals surface area contributed by atoms with Gasteiger partial charge in [-0.1, -0.05) is 6.07 Å². The summed E-state index contributed by atoms with van der Waals surface area (Å²) in [5, 5.41) is 7.27. The molecule has 1 heterocycles. The highest BCUT2D eigenvalue weighted by Crippen LogP contribution is 2.34. The summed E-state index contributed by atoms with van der Waals surface area (Å²) in [6.07, 6.45) is 3.84. The van der Waals surface area contributed by atoms with Gasteiger partial charge in [0, 0.05) is 17.4 Å². The fourth-order valence-electron chi connectivity index (χ4n) is 1.91. The zero-order valence-corrected chi connectivity index (χ0v) is 10.8. The third-order valence-electron chi connectivity index (χ3n) is 3.37. The largest absolute Gasteiger partial charge is 0.399 e. The second-order valence-corrected chi connectivity index (χ2v) is 5.26. The van der Waals surface area contributed by atoms with Gasteiger partial charge in [-0.2, -0.15) is 5.10 Å². The van der Waals surface area contributed by atoms with Crippen LogP contribution in [0.1, 0.15) is 30.3 Å². The van der Waals surface area contributed by atoms with E-state index in [0.29, 0.717) is 11.4 Å². The number of nitrogen functional groups attached to an aromatic ring is 1. The van der Waals surface area contributed by atoms with Crippen molar-refractivity contribution in [3.8, 4) is 5.69 Å². The van der Waals surface area contributed by atoms with Crippen LogP contribution < -0.4 is 11.1 Å². The van der Waals surface area contributed by atoms with E-state index in [-0.39, 0.29) is 11.4 Å². The number of amides is 1. The fraction of sp³-hybridized carbons (Fsp3) is 0.286. The second kappa shape index (κ2) is 4.12. The van der Waals surface area contributed by atoms with Crippen LogP contribution in [-0.2, 0) is 0 Å². The minimum Gasteiger partial charge on any atom is -0.399 e. The Bertz CT molecular complexity index is 628. The minimum absolute atomic E-state index is 0.0297. The van der Waals surface area contributed by atoms with Gasteiger partial charge >= 0.3 is 0 Å². The summed E-state index contributed by atoms with van der Waals surface area (Å²) in [4.78, 5) is 12.0. The third-order valence-corrected chi connectivity index (χ3v) is 3.37. The average molecular weight is 256 g/mol. The van der Waals surface area contributed by atoms with Crippen molar-refractivity contribution in [3.63, 3.8) is 0 Å². The SMILES string of the molecule is CC1(NC(=O)c2ccn(-c3cccc(N)c3)n2)CC1. The maximum absolute atomic E-state index is 12.0. The number of benzene rings is 1. The summed E-state index contributed by atoms with van der Waals surface area (Å²) < 4.78 is 1.65. The Morgan fingerprint density at radius 2 is 2.21 bits per heavy atom. The van der Waals surface area contributed by atoms with Crippen LogP contribution in [-0.4, -0.2) is 21.2 Å². The van der Waals surface area contributed by atoms with Gasteiger partial charge in [-0.05, 0) is 44.0 Å². The first-order valence-electron chi connectivity index (χ1n) is 6.30. The maximum Gasteiger partial charge on any atom is 0.272 e. The monoisotopic (exact) mass is 256 g/mol. The summed E-state index contributed by atoms with van der Waals surface area (Å²) in [6, 6.07) is 9.10. The molecule has 1 fully saturated rings. The molecule has 1 aromatic heterocycles. The summed E-state index contributed by atoms with van der Waals surface area (Å²) >= 11 is 0. The number of anilines is 1. The Morgan fingerprint density at radius 3 is 2.89 bits per heavy atom. The number of hydrogen-bond acceptors (Lipinski definition) is 3. The maximum atomic E-state index is 12.0. The van der Waals surface area contributed by atoms with Gasteiger partial charge in [0.15, 0.2) is 5.69 Å². The highest BCUT2D eigenvalue weighted by atomic mass is 16.2. The van der Waals surface area contributed by atoms with E-state index < -0.39 is 0 Å². The van der Waals surface area contributed by atoms with E-state index in [9.17, 15) is 4.79 Å². The second-order valence-electron chi connectivity index (χ2n) is 5.26. The lowest BCUT2D eigenvalue weighted by Crippen LogP contribution is -2.34. The molecule has 0 radical (unpaired) electrons. The van der Waals surface area contributed by atoms with Crippen molar-refractivity contribution in [2.75, 3.05) is 5.73 Å². The van der Waals surface area contributed by atoms with Crippen LogP contribution in [0.3, 0.4) is 0 Å². The fourth-order valence-corrected chi connectivity index (χ4v) is 1.91. The van der Waals surface area contributed by atoms with E-state index in [2.05, 4.69) is 10.4 Å². The molecular weight excluding hydrogens is 240 g/mol. The summed E-state index contributed by atoms with van der Waals surface area (Å²) in [5.74, 6) is -0.123. The number of rotatable bonds is 3. The molecule has 0 atom stereocenters. The summed E-state index contributed by atoms with van der Waals surface area (Å²) in [7, 11) is 0. The highest BCUT2D eigenvalue weighted by Gasteiger charge is 2.39. The number of nitrogens with one attached hydrogen (secondary N) is 1. The zero-order chi connectivity index (χ0) is 13.5. The number of carbonyl (C=O) groups is 1. The van der Waals surface area contributed by atoms with Gasteiger partial charge < -0.3 is 11.1 Å². The first kappa shape index (κ1) is 11.8. The van der Waals surface area contributed by atoms with E-state index in [1.807, 2.05) is 31.2 Å². The summed E-state index contributed by atoms with van der Waals surface area (Å²) in [5.41, 5.74) is 7.65. The number of carbonyl (C=O) groups excluding carboxylic acids is 1. The van der Waals surface area contributed by atoms with Gasteiger partial charge in [0.25, 0.3) is 5.91 Å². The Hall–Kier alpha value is -2.30. The highest BCUT2D eigenvalue weighted by molar-refractivity contribution is 5.93. The first-order chi connectivity index (χ1) is 9.06. The molecular formula is C14H16N4O. The third kappa shape index (κ3) is 2.45. The Labute approximate surface area is 111 Å². The van der Waals surface area contributed by atoms with Crippen molar-refractivity contribution >= 4 is 11.6 Å². The van der Waals surface area contributed by atoms with Crippen molar-refractivity contribution in [3.05, 3.63) is 42.2 Å². The molecule has 0 unspecified atom stereocenters. The van der Waals surface area contributed by atoms with E-state index in [4.69, 9.17) is 5.73 Å². The van der Waals surface area contributed by atoms with Crippen LogP contribution in [0.5, 0.6) is 0 Å². The summed E-state index contributed by atoms with van der Waals surface area (Å²) in [6.45, 7) is 2.04. The number of nitrogens with zero attached hydrogens (tertiary/aromatic N) is 2. The molecule has 19 heavy (non-hydrogen) atoms. The van der Waals surface area contributed by atoms with Gasteiger partial charge in [-0.25, -0.2) is 4.68 Å². The molecule has 0 bridgehead atoms. The van der Waals surface area contributed by atoms with Crippen LogP contribution in [0.2, 0.25) is 0 Å². The standard InChI is InChI=1S/C14H16N4O/c1-14(6-7-14)16-13(19)12-5-8-18(17-12)11-4-2-3-10(15)9-11/h2-5,8-9H,6-7,15H2,1H3,(H,16,19). The lowest BCUT2D eigenvalue weighted by atomic mass is 10.3. The van der Waals surface area contributed by atoms with Gasteiger partial charge in [-0.15, -0.1) is 0 Å². The molecule has 5 heteroatoms. The van der Waals surface area contributed by atoms with Crippen molar-refractivity contribution in [1.29, 1.82) is 0 Å². The minimum atomic E-state index is -0.123.